The van der Waals surface area contributed by atoms with E-state index in [0.717, 1.165) is 25.7 Å². The fraction of sp³-hybridized carbons (Fsp3) is 0.520. The SMILES string of the molecule is O=C(CO)N[C@H]1CC[C@H](CNc2nc(N3CCOCC3)cc(-n3c(C(F)F)nc4ccccc43)n2)CC1. The molecule has 0 bridgehead atoms. The number of alkyl halides is 2. The quantitative estimate of drug-likeness (QED) is 0.419. The van der Waals surface area contributed by atoms with Gasteiger partial charge in [0.15, 0.2) is 5.82 Å². The first kappa shape index (κ1) is 25.3. The van der Waals surface area contributed by atoms with Crippen LogP contribution in [0.2, 0.25) is 0 Å². The molecule has 0 atom stereocenters. The zero-order chi connectivity index (χ0) is 25.8. The van der Waals surface area contributed by atoms with Crippen molar-refractivity contribution in [1.29, 1.82) is 0 Å². The van der Waals surface area contributed by atoms with Crippen molar-refractivity contribution in [2.24, 2.45) is 5.92 Å². The summed E-state index contributed by atoms with van der Waals surface area (Å²) in [7, 11) is 0. The van der Waals surface area contributed by atoms with Crippen molar-refractivity contribution >= 4 is 28.7 Å². The zero-order valence-corrected chi connectivity index (χ0v) is 20.4. The number of carbonyl (C=O) groups is 1. The third-order valence-corrected chi connectivity index (χ3v) is 6.95. The normalized spacial score (nSPS) is 20.4. The molecule has 2 fully saturated rings. The molecule has 2 aliphatic rings. The predicted molar refractivity (Wildman–Crippen MR) is 134 cm³/mol. The average molecular weight is 516 g/mol. The van der Waals surface area contributed by atoms with Crippen LogP contribution in [-0.4, -0.2) is 76.0 Å². The fourth-order valence-corrected chi connectivity index (χ4v) is 5.02. The van der Waals surface area contributed by atoms with Gasteiger partial charge in [-0.15, -0.1) is 0 Å². The molecular weight excluding hydrogens is 484 g/mol. The number of nitrogens with zero attached hydrogens (tertiary/aromatic N) is 5. The van der Waals surface area contributed by atoms with E-state index in [4.69, 9.17) is 14.8 Å². The highest BCUT2D eigenvalue weighted by molar-refractivity contribution is 5.78. The molecule has 37 heavy (non-hydrogen) atoms. The number of fused-ring (bicyclic) bond motifs is 1. The average Bonchev–Trinajstić information content (AvgIpc) is 3.33. The van der Waals surface area contributed by atoms with E-state index in [1.165, 1.54) is 4.57 Å². The molecule has 1 aromatic carbocycles. The third kappa shape index (κ3) is 5.80. The molecule has 10 nitrogen and oxygen atoms in total. The van der Waals surface area contributed by atoms with E-state index < -0.39 is 13.0 Å². The summed E-state index contributed by atoms with van der Waals surface area (Å²) in [6, 6.07) is 8.83. The molecule has 5 rings (SSSR count). The Morgan fingerprint density at radius 1 is 1.08 bits per heavy atom. The maximum absolute atomic E-state index is 14.0. The number of nitrogens with one attached hydrogen (secondary N) is 2. The topological polar surface area (TPSA) is 117 Å². The molecule has 3 N–H and O–H groups in total. The van der Waals surface area contributed by atoms with E-state index in [1.807, 2.05) is 0 Å². The van der Waals surface area contributed by atoms with Gasteiger partial charge in [-0.25, -0.2) is 13.8 Å². The Balaban J connectivity index is 1.40. The van der Waals surface area contributed by atoms with E-state index in [1.54, 1.807) is 30.3 Å². The largest absolute Gasteiger partial charge is 0.387 e. The highest BCUT2D eigenvalue weighted by Crippen LogP contribution is 2.30. The smallest absolute Gasteiger partial charge is 0.296 e. The van der Waals surface area contributed by atoms with E-state index >= 15 is 0 Å². The summed E-state index contributed by atoms with van der Waals surface area (Å²) < 4.78 is 34.9. The van der Waals surface area contributed by atoms with Crippen molar-refractivity contribution in [2.45, 2.75) is 38.2 Å². The van der Waals surface area contributed by atoms with Crippen molar-refractivity contribution in [2.75, 3.05) is 49.7 Å². The van der Waals surface area contributed by atoms with Gasteiger partial charge >= 0.3 is 0 Å². The lowest BCUT2D eigenvalue weighted by Crippen LogP contribution is -2.39. The fourth-order valence-electron chi connectivity index (χ4n) is 5.02. The zero-order valence-electron chi connectivity index (χ0n) is 20.4. The van der Waals surface area contributed by atoms with Crippen molar-refractivity contribution < 1.29 is 23.4 Å². The lowest BCUT2D eigenvalue weighted by atomic mass is 9.86. The second kappa shape index (κ2) is 11.3. The highest BCUT2D eigenvalue weighted by Gasteiger charge is 2.25. The number of amides is 1. The van der Waals surface area contributed by atoms with Crippen LogP contribution in [0.3, 0.4) is 0 Å². The molecule has 0 spiro atoms. The number of ether oxygens (including phenoxy) is 1. The van der Waals surface area contributed by atoms with Gasteiger partial charge in [0.1, 0.15) is 18.2 Å². The van der Waals surface area contributed by atoms with Crippen LogP contribution < -0.4 is 15.5 Å². The minimum atomic E-state index is -2.77. The van der Waals surface area contributed by atoms with E-state index in [0.29, 0.717) is 67.4 Å². The number of morpholine rings is 1. The minimum Gasteiger partial charge on any atom is -0.387 e. The number of rotatable bonds is 8. The molecule has 12 heteroatoms. The Kier molecular flexibility index (Phi) is 7.75. The summed E-state index contributed by atoms with van der Waals surface area (Å²) in [5.74, 6) is 0.988. The van der Waals surface area contributed by atoms with Crippen LogP contribution in [0.1, 0.15) is 37.9 Å². The lowest BCUT2D eigenvalue weighted by Gasteiger charge is -2.30. The number of carbonyl (C=O) groups excluding carboxylic acids is 1. The number of halogens is 2. The van der Waals surface area contributed by atoms with Gasteiger partial charge in [-0.3, -0.25) is 9.36 Å². The van der Waals surface area contributed by atoms with Crippen LogP contribution in [0.4, 0.5) is 20.5 Å². The predicted octanol–water partition coefficient (Wildman–Crippen LogP) is 2.67. The number of benzene rings is 1. The molecule has 3 heterocycles. The Hall–Kier alpha value is -3.38. The molecule has 2 aromatic heterocycles. The van der Waals surface area contributed by atoms with Crippen LogP contribution >= 0.6 is 0 Å². The second-order valence-electron chi connectivity index (χ2n) is 9.43. The van der Waals surface area contributed by atoms with Gasteiger partial charge < -0.3 is 25.4 Å². The third-order valence-electron chi connectivity index (χ3n) is 6.95. The molecular formula is C25H31F2N7O3. The summed E-state index contributed by atoms with van der Waals surface area (Å²) in [4.78, 5) is 27.0. The van der Waals surface area contributed by atoms with Crippen LogP contribution in [0, 0.1) is 5.92 Å². The number of hydrogen-bond donors (Lipinski definition) is 3. The summed E-state index contributed by atoms with van der Waals surface area (Å²) in [6.45, 7) is 2.54. The molecule has 1 amide bonds. The first-order chi connectivity index (χ1) is 18.0. The van der Waals surface area contributed by atoms with E-state index in [9.17, 15) is 13.6 Å². The van der Waals surface area contributed by atoms with Crippen LogP contribution in [0.5, 0.6) is 0 Å². The Morgan fingerprint density at radius 3 is 2.54 bits per heavy atom. The van der Waals surface area contributed by atoms with Crippen molar-refractivity contribution in [3.8, 4) is 5.82 Å². The van der Waals surface area contributed by atoms with Crippen LogP contribution in [0.25, 0.3) is 16.9 Å². The summed E-state index contributed by atoms with van der Waals surface area (Å²) >= 11 is 0. The molecule has 1 saturated heterocycles. The highest BCUT2D eigenvalue weighted by atomic mass is 19.3. The second-order valence-corrected chi connectivity index (χ2v) is 9.43. The number of aromatic nitrogens is 4. The van der Waals surface area contributed by atoms with Gasteiger partial charge in [-0.1, -0.05) is 12.1 Å². The molecule has 0 unspecified atom stereocenters. The number of para-hydroxylation sites is 2. The van der Waals surface area contributed by atoms with Gasteiger partial charge in [-0.05, 0) is 43.7 Å². The summed E-state index contributed by atoms with van der Waals surface area (Å²) in [5, 5.41) is 15.1. The Bertz CT molecular complexity index is 1220. The molecule has 1 aliphatic heterocycles. The monoisotopic (exact) mass is 515 g/mol. The van der Waals surface area contributed by atoms with E-state index in [-0.39, 0.29) is 17.8 Å². The van der Waals surface area contributed by atoms with Gasteiger partial charge in [0.05, 0.1) is 24.2 Å². The van der Waals surface area contributed by atoms with Crippen LogP contribution in [-0.2, 0) is 9.53 Å². The lowest BCUT2D eigenvalue weighted by molar-refractivity contribution is -0.124. The van der Waals surface area contributed by atoms with Crippen molar-refractivity contribution in [3.63, 3.8) is 0 Å². The van der Waals surface area contributed by atoms with Gasteiger partial charge in [-0.2, -0.15) is 9.97 Å². The molecule has 3 aromatic rings. The van der Waals surface area contributed by atoms with Crippen molar-refractivity contribution in [1.82, 2.24) is 24.8 Å². The van der Waals surface area contributed by atoms with E-state index in [2.05, 4.69) is 25.5 Å². The van der Waals surface area contributed by atoms with Gasteiger partial charge in [0.25, 0.3) is 6.43 Å². The number of aliphatic hydroxyl groups excluding tert-OH is 1. The number of imidazole rings is 1. The first-order valence-electron chi connectivity index (χ1n) is 12.6. The number of aliphatic hydroxyl groups is 1. The minimum absolute atomic E-state index is 0.0747. The Morgan fingerprint density at radius 2 is 1.81 bits per heavy atom. The molecule has 1 saturated carbocycles. The standard InChI is InChI=1S/C25H31F2N7O3/c26-23(27)24-30-18-3-1-2-4-19(18)34(24)21-13-20(33-9-11-37-12-10-33)31-25(32-21)28-14-16-5-7-17(8-6-16)29-22(36)15-35/h1-4,13,16-17,23,35H,5-12,14-15H2,(H,29,36)(H,28,31,32)/t16-,17-. The van der Waals surface area contributed by atoms with Gasteiger partial charge in [0.2, 0.25) is 11.9 Å². The number of anilines is 2. The molecule has 0 radical (unpaired) electrons. The summed E-state index contributed by atoms with van der Waals surface area (Å²) in [5.41, 5.74) is 1.03. The Labute approximate surface area is 213 Å². The summed E-state index contributed by atoms with van der Waals surface area (Å²) in [6.07, 6.45) is 0.697. The maximum atomic E-state index is 14.0. The molecule has 198 valence electrons. The number of hydrogen-bond acceptors (Lipinski definition) is 8. The van der Waals surface area contributed by atoms with Gasteiger partial charge in [0, 0.05) is 31.7 Å². The van der Waals surface area contributed by atoms with Crippen LogP contribution in [0.15, 0.2) is 30.3 Å². The molecule has 1 aliphatic carbocycles. The van der Waals surface area contributed by atoms with Crippen molar-refractivity contribution in [3.05, 3.63) is 36.2 Å². The maximum Gasteiger partial charge on any atom is 0.296 e. The first-order valence-corrected chi connectivity index (χ1v) is 12.6.